The maximum Gasteiger partial charge on any atom is 0.280 e. The quantitative estimate of drug-likeness (QED) is 0.151. The molecule has 2 unspecified atom stereocenters. The van der Waals surface area contributed by atoms with E-state index < -0.39 is 34.0 Å². The molecule has 17 heteroatoms. The van der Waals surface area contributed by atoms with Crippen LogP contribution in [0, 0.1) is 0 Å². The van der Waals surface area contributed by atoms with Crippen molar-refractivity contribution in [1.82, 2.24) is 47.8 Å². The third-order valence-electron chi connectivity index (χ3n) is 12.1. The average Bonchev–Trinajstić information content (AvgIpc) is 4.10. The van der Waals surface area contributed by atoms with Crippen LogP contribution in [-0.2, 0) is 23.1 Å². The van der Waals surface area contributed by atoms with Crippen LogP contribution in [0.4, 0.5) is 17.6 Å². The molecule has 63 heavy (non-hydrogen) atoms. The van der Waals surface area contributed by atoms with Crippen molar-refractivity contribution in [2.75, 3.05) is 26.2 Å². The van der Waals surface area contributed by atoms with Crippen molar-refractivity contribution in [2.24, 2.45) is 0 Å². The van der Waals surface area contributed by atoms with Crippen LogP contribution in [0.1, 0.15) is 36.1 Å². The molecule has 2 saturated heterocycles. The van der Waals surface area contributed by atoms with Gasteiger partial charge in [0, 0.05) is 49.3 Å². The summed E-state index contributed by atoms with van der Waals surface area (Å²) in [7, 11) is -3.90. The predicted molar refractivity (Wildman–Crippen MR) is 232 cm³/mol. The second-order valence-electron chi connectivity index (χ2n) is 16.2. The first kappa shape index (κ1) is 40.6. The first-order valence-corrected chi connectivity index (χ1v) is 22.1. The van der Waals surface area contributed by atoms with E-state index in [0.29, 0.717) is 60.2 Å². The number of nitrogens with one attached hydrogen (secondary N) is 1. The van der Waals surface area contributed by atoms with E-state index in [-0.39, 0.29) is 30.1 Å². The van der Waals surface area contributed by atoms with Gasteiger partial charge in [0.15, 0.2) is 5.65 Å². The Hall–Kier alpha value is -6.43. The highest BCUT2D eigenvalue weighted by Crippen LogP contribution is 2.41. The Kier molecular flexibility index (Phi) is 10.3. The van der Waals surface area contributed by atoms with Gasteiger partial charge in [0.2, 0.25) is 0 Å². The summed E-state index contributed by atoms with van der Waals surface area (Å²) in [5, 5.41) is 1.29. The topological polar surface area (TPSA) is 123 Å². The number of nitrogens with zero attached hydrogens (tertiary/aromatic N) is 9. The first-order chi connectivity index (χ1) is 30.5. The second-order valence-corrected chi connectivity index (χ2v) is 18.0. The number of piperidine rings is 2. The fourth-order valence-corrected chi connectivity index (χ4v) is 10.4. The number of H-pyrrole nitrogens is 1. The number of pyridine rings is 2. The molecule has 0 amide bonds. The van der Waals surface area contributed by atoms with Gasteiger partial charge in [0.1, 0.15) is 28.8 Å². The van der Waals surface area contributed by atoms with E-state index in [1.54, 1.807) is 46.1 Å². The number of halogens is 4. The Morgan fingerprint density at radius 2 is 1.13 bits per heavy atom. The van der Waals surface area contributed by atoms with Gasteiger partial charge in [-0.25, -0.2) is 49.9 Å². The zero-order valence-corrected chi connectivity index (χ0v) is 34.7. The number of imidazole rings is 2. The minimum Gasteiger partial charge on any atom is -0.346 e. The summed E-state index contributed by atoms with van der Waals surface area (Å²) in [5.41, 5.74) is 5.19. The van der Waals surface area contributed by atoms with Gasteiger partial charge >= 0.3 is 0 Å². The van der Waals surface area contributed by atoms with Gasteiger partial charge in [-0.1, -0.05) is 78.9 Å². The minimum absolute atomic E-state index is 0.121. The molecule has 3 aromatic carbocycles. The van der Waals surface area contributed by atoms with Gasteiger partial charge in [-0.15, -0.1) is 0 Å². The van der Waals surface area contributed by atoms with E-state index in [2.05, 4.69) is 24.9 Å². The third kappa shape index (κ3) is 7.63. The molecule has 0 bridgehead atoms. The number of hydrogen-bond acceptors (Lipinski definition) is 8. The van der Waals surface area contributed by atoms with E-state index in [9.17, 15) is 8.42 Å². The Morgan fingerprint density at radius 1 is 0.619 bits per heavy atom. The summed E-state index contributed by atoms with van der Waals surface area (Å²) in [6, 6.07) is 28.8. The van der Waals surface area contributed by atoms with Gasteiger partial charge < -0.3 is 14.1 Å². The standard InChI is InChI=1S/C26H23F2N5O2S.C20H19F2N5/c27-26(28)17-31(16-19-7-3-1-4-8-19)13-12-23(26)32-18-30-22-15-29-25-21(24(22)32)11-14-33(25)36(34,35)20-9-5-2-6-10-20;21-20(22)12-26(11-14-4-2-1-3-5-14)9-7-17(20)27-13-25-16-10-24-19-15(18(16)27)6-8-23-19/h1-11,14-15,18,23H,12-13,16-17H2;1-6,8,10,13,17H,7,9,11-12H2,(H,23,24). The summed E-state index contributed by atoms with van der Waals surface area (Å²) < 4.78 is 92.0. The second kappa shape index (κ2) is 16.0. The fourth-order valence-electron chi connectivity index (χ4n) is 9.13. The summed E-state index contributed by atoms with van der Waals surface area (Å²) >= 11 is 0. The predicted octanol–water partition coefficient (Wildman–Crippen LogP) is 8.70. The number of aromatic nitrogens is 8. The van der Waals surface area contributed by atoms with Gasteiger partial charge in [0.25, 0.3) is 21.9 Å². The molecule has 8 heterocycles. The van der Waals surface area contributed by atoms with E-state index in [1.807, 2.05) is 71.6 Å². The lowest BCUT2D eigenvalue weighted by molar-refractivity contribution is -0.105. The highest BCUT2D eigenvalue weighted by Gasteiger charge is 2.47. The van der Waals surface area contributed by atoms with Crippen LogP contribution in [0.15, 0.2) is 145 Å². The lowest BCUT2D eigenvalue weighted by Gasteiger charge is -2.39. The Morgan fingerprint density at radius 3 is 1.67 bits per heavy atom. The molecule has 2 aliphatic rings. The molecule has 12 nitrogen and oxygen atoms in total. The molecular formula is C46H42F4N10O2S. The summed E-state index contributed by atoms with van der Waals surface area (Å²) in [6.45, 7) is 1.50. The lowest BCUT2D eigenvalue weighted by Crippen LogP contribution is -2.48. The third-order valence-corrected chi connectivity index (χ3v) is 13.8. The largest absolute Gasteiger partial charge is 0.346 e. The van der Waals surface area contributed by atoms with Gasteiger partial charge in [-0.05, 0) is 48.2 Å². The molecular weight excluding hydrogens is 833 g/mol. The molecule has 6 aromatic heterocycles. The maximum atomic E-state index is 15.5. The molecule has 2 aliphatic heterocycles. The highest BCUT2D eigenvalue weighted by atomic mass is 32.2. The van der Waals surface area contributed by atoms with Crippen LogP contribution >= 0.6 is 0 Å². The van der Waals surface area contributed by atoms with Crippen molar-refractivity contribution >= 4 is 54.2 Å². The number of fused-ring (bicyclic) bond motifs is 6. The van der Waals surface area contributed by atoms with Gasteiger partial charge in [0.05, 0.1) is 54.1 Å². The van der Waals surface area contributed by atoms with Crippen molar-refractivity contribution in [1.29, 1.82) is 0 Å². The van der Waals surface area contributed by atoms with Gasteiger partial charge in [-0.2, -0.15) is 0 Å². The monoisotopic (exact) mass is 874 g/mol. The van der Waals surface area contributed by atoms with Crippen LogP contribution in [0.25, 0.3) is 44.1 Å². The van der Waals surface area contributed by atoms with Crippen LogP contribution in [0.5, 0.6) is 0 Å². The lowest BCUT2D eigenvalue weighted by atomic mass is 9.99. The molecule has 0 saturated carbocycles. The molecule has 0 spiro atoms. The normalized spacial score (nSPS) is 19.4. The maximum absolute atomic E-state index is 15.5. The first-order valence-electron chi connectivity index (χ1n) is 20.7. The van der Waals surface area contributed by atoms with E-state index >= 15 is 17.6 Å². The average molecular weight is 875 g/mol. The molecule has 0 radical (unpaired) electrons. The summed E-state index contributed by atoms with van der Waals surface area (Å²) in [5.74, 6) is -5.85. The van der Waals surface area contributed by atoms with Crippen molar-refractivity contribution in [2.45, 2.75) is 54.8 Å². The zero-order valence-electron chi connectivity index (χ0n) is 33.9. The number of likely N-dealkylation sites (tertiary alicyclic amines) is 2. The SMILES string of the molecule is FC1(F)CN(Cc2ccccc2)CCC1n1cnc2cnc3[nH]ccc3c21.O=S(=O)(c1ccccc1)n1ccc2c3c(cnc21)ncn3C1CCN(Cc2ccccc2)CC1(F)F. The van der Waals surface area contributed by atoms with Crippen LogP contribution in [-0.4, -0.2) is 94.3 Å². The van der Waals surface area contributed by atoms with Crippen LogP contribution < -0.4 is 0 Å². The molecule has 11 rings (SSSR count). The molecule has 0 aliphatic carbocycles. The van der Waals surface area contributed by atoms with Crippen molar-refractivity contribution in [3.63, 3.8) is 0 Å². The summed E-state index contributed by atoms with van der Waals surface area (Å²) in [6.07, 6.45) is 9.82. The number of alkyl halides is 4. The van der Waals surface area contributed by atoms with Gasteiger partial charge in [-0.3, -0.25) is 9.80 Å². The number of hydrogen-bond donors (Lipinski definition) is 1. The highest BCUT2D eigenvalue weighted by molar-refractivity contribution is 7.90. The minimum atomic E-state index is -3.90. The Balaban J connectivity index is 0.000000156. The molecule has 2 atom stereocenters. The molecule has 9 aromatic rings. The number of benzene rings is 3. The summed E-state index contributed by atoms with van der Waals surface area (Å²) in [4.78, 5) is 24.0. The Bertz CT molecular complexity index is 3150. The zero-order chi connectivity index (χ0) is 43.3. The smallest absolute Gasteiger partial charge is 0.280 e. The molecule has 2 fully saturated rings. The van der Waals surface area contributed by atoms with E-state index in [1.165, 1.54) is 41.7 Å². The van der Waals surface area contributed by atoms with Crippen molar-refractivity contribution < 1.29 is 26.0 Å². The van der Waals surface area contributed by atoms with E-state index in [0.717, 1.165) is 26.0 Å². The van der Waals surface area contributed by atoms with E-state index in [4.69, 9.17) is 0 Å². The van der Waals surface area contributed by atoms with Crippen molar-refractivity contribution in [3.8, 4) is 0 Å². The van der Waals surface area contributed by atoms with Crippen LogP contribution in [0.3, 0.4) is 0 Å². The van der Waals surface area contributed by atoms with Crippen molar-refractivity contribution in [3.05, 3.63) is 152 Å². The Labute approximate surface area is 359 Å². The molecule has 322 valence electrons. The van der Waals surface area contributed by atoms with Crippen LogP contribution in [0.2, 0.25) is 0 Å². The fraction of sp³-hybridized carbons (Fsp3) is 0.261. The number of rotatable bonds is 8. The number of aromatic amines is 1. The molecule has 1 N–H and O–H groups in total.